The maximum atomic E-state index is 12.4. The van der Waals surface area contributed by atoms with E-state index >= 15 is 0 Å². The number of para-hydroxylation sites is 1. The van der Waals surface area contributed by atoms with E-state index in [1.807, 2.05) is 70.5 Å². The zero-order valence-corrected chi connectivity index (χ0v) is 16.2. The summed E-state index contributed by atoms with van der Waals surface area (Å²) in [5.74, 6) is 1.51. The van der Waals surface area contributed by atoms with Crippen molar-refractivity contribution in [3.63, 3.8) is 0 Å². The number of nitrogens with zero attached hydrogens (tertiary/aromatic N) is 4. The molecule has 0 spiro atoms. The molecule has 0 bridgehead atoms. The molecular formula is C22H24N4O3. The molecule has 1 amide bonds. The maximum absolute atomic E-state index is 12.4. The van der Waals surface area contributed by atoms with Crippen LogP contribution in [0.1, 0.15) is 12.8 Å². The molecule has 0 saturated carbocycles. The fraction of sp³-hybridized carbons (Fsp3) is 0.318. The van der Waals surface area contributed by atoms with E-state index in [4.69, 9.17) is 9.15 Å². The monoisotopic (exact) mass is 392 g/mol. The Morgan fingerprint density at radius 3 is 2.34 bits per heavy atom. The van der Waals surface area contributed by atoms with Gasteiger partial charge < -0.3 is 19.0 Å². The summed E-state index contributed by atoms with van der Waals surface area (Å²) >= 11 is 0. The number of ether oxygens (including phenoxy) is 1. The third-order valence-electron chi connectivity index (χ3n) is 4.88. The Kier molecular flexibility index (Phi) is 6.04. The van der Waals surface area contributed by atoms with Crippen LogP contribution in [0.2, 0.25) is 0 Å². The number of hydrogen-bond acceptors (Lipinski definition) is 6. The van der Waals surface area contributed by atoms with Crippen LogP contribution in [0.25, 0.3) is 11.5 Å². The van der Waals surface area contributed by atoms with E-state index in [2.05, 4.69) is 10.2 Å². The SMILES string of the molecule is O=C(CCCOc1ccccc1)N1CCN(c2nnc(-c3ccccc3)o2)CC1. The van der Waals surface area contributed by atoms with Gasteiger partial charge in [-0.05, 0) is 30.7 Å². The van der Waals surface area contributed by atoms with Crippen LogP contribution < -0.4 is 9.64 Å². The van der Waals surface area contributed by atoms with E-state index in [9.17, 15) is 4.79 Å². The maximum Gasteiger partial charge on any atom is 0.318 e. The smallest absolute Gasteiger partial charge is 0.318 e. The summed E-state index contributed by atoms with van der Waals surface area (Å²) in [4.78, 5) is 16.4. The van der Waals surface area contributed by atoms with Crippen molar-refractivity contribution < 1.29 is 13.9 Å². The topological polar surface area (TPSA) is 71.7 Å². The molecule has 7 heteroatoms. The molecule has 7 nitrogen and oxygen atoms in total. The molecule has 1 fully saturated rings. The molecule has 1 aliphatic rings. The van der Waals surface area contributed by atoms with Gasteiger partial charge in [0.15, 0.2) is 0 Å². The molecule has 1 aliphatic heterocycles. The first-order valence-electron chi connectivity index (χ1n) is 9.89. The van der Waals surface area contributed by atoms with E-state index in [1.165, 1.54) is 0 Å². The minimum absolute atomic E-state index is 0.164. The molecular weight excluding hydrogens is 368 g/mol. The number of hydrogen-bond donors (Lipinski definition) is 0. The second-order valence-corrected chi connectivity index (χ2v) is 6.89. The van der Waals surface area contributed by atoms with Crippen molar-refractivity contribution in [3.05, 3.63) is 60.7 Å². The molecule has 150 valence electrons. The highest BCUT2D eigenvalue weighted by atomic mass is 16.5. The van der Waals surface area contributed by atoms with Gasteiger partial charge in [0.1, 0.15) is 5.75 Å². The van der Waals surface area contributed by atoms with Gasteiger partial charge in [-0.1, -0.05) is 41.5 Å². The Morgan fingerprint density at radius 1 is 0.931 bits per heavy atom. The molecule has 4 rings (SSSR count). The first-order valence-corrected chi connectivity index (χ1v) is 9.89. The minimum atomic E-state index is 0.164. The van der Waals surface area contributed by atoms with Gasteiger partial charge in [0.25, 0.3) is 0 Å². The molecule has 0 unspecified atom stereocenters. The molecule has 3 aromatic rings. The van der Waals surface area contributed by atoms with Crippen LogP contribution in [0.4, 0.5) is 6.01 Å². The number of aromatic nitrogens is 2. The third kappa shape index (κ3) is 4.93. The predicted molar refractivity (Wildman–Crippen MR) is 110 cm³/mol. The van der Waals surface area contributed by atoms with Crippen LogP contribution in [0.5, 0.6) is 5.75 Å². The van der Waals surface area contributed by atoms with Crippen molar-refractivity contribution >= 4 is 11.9 Å². The average Bonchev–Trinajstić information content (AvgIpc) is 3.28. The van der Waals surface area contributed by atoms with Gasteiger partial charge >= 0.3 is 6.01 Å². The largest absolute Gasteiger partial charge is 0.494 e. The predicted octanol–water partition coefficient (Wildman–Crippen LogP) is 3.24. The Labute approximate surface area is 169 Å². The number of piperazine rings is 1. The number of carbonyl (C=O) groups is 1. The fourth-order valence-corrected chi connectivity index (χ4v) is 3.28. The highest BCUT2D eigenvalue weighted by molar-refractivity contribution is 5.76. The second-order valence-electron chi connectivity index (χ2n) is 6.89. The van der Waals surface area contributed by atoms with Crippen LogP contribution >= 0.6 is 0 Å². The Bertz CT molecular complexity index is 906. The quantitative estimate of drug-likeness (QED) is 0.575. The highest BCUT2D eigenvalue weighted by Crippen LogP contribution is 2.22. The lowest BCUT2D eigenvalue weighted by Gasteiger charge is -2.33. The number of anilines is 1. The highest BCUT2D eigenvalue weighted by Gasteiger charge is 2.24. The molecule has 0 radical (unpaired) electrons. The van der Waals surface area contributed by atoms with E-state index in [1.54, 1.807) is 0 Å². The van der Waals surface area contributed by atoms with E-state index in [0.29, 0.717) is 57.5 Å². The molecule has 1 saturated heterocycles. The summed E-state index contributed by atoms with van der Waals surface area (Å²) in [6, 6.07) is 19.9. The molecule has 2 heterocycles. The third-order valence-corrected chi connectivity index (χ3v) is 4.88. The van der Waals surface area contributed by atoms with E-state index in [-0.39, 0.29) is 5.91 Å². The number of rotatable bonds is 7. The summed E-state index contributed by atoms with van der Waals surface area (Å²) in [6.45, 7) is 3.22. The second kappa shape index (κ2) is 9.23. The van der Waals surface area contributed by atoms with Crippen LogP contribution in [0.3, 0.4) is 0 Å². The van der Waals surface area contributed by atoms with Gasteiger partial charge in [-0.25, -0.2) is 0 Å². The molecule has 0 N–H and O–H groups in total. The summed E-state index contributed by atoms with van der Waals surface area (Å²) in [5.41, 5.74) is 0.901. The summed E-state index contributed by atoms with van der Waals surface area (Å²) in [5, 5.41) is 8.30. The van der Waals surface area contributed by atoms with Gasteiger partial charge in [-0.3, -0.25) is 4.79 Å². The number of carbonyl (C=O) groups excluding carboxylic acids is 1. The van der Waals surface area contributed by atoms with Gasteiger partial charge in [0, 0.05) is 38.2 Å². The first-order chi connectivity index (χ1) is 14.3. The van der Waals surface area contributed by atoms with Crippen LogP contribution in [0.15, 0.2) is 65.1 Å². The lowest BCUT2D eigenvalue weighted by molar-refractivity contribution is -0.131. The summed E-state index contributed by atoms with van der Waals surface area (Å²) in [6.07, 6.45) is 1.20. The van der Waals surface area contributed by atoms with Crippen molar-refractivity contribution in [2.75, 3.05) is 37.7 Å². The van der Waals surface area contributed by atoms with Gasteiger partial charge in [0.05, 0.1) is 6.61 Å². The van der Waals surface area contributed by atoms with Crippen molar-refractivity contribution in [1.29, 1.82) is 0 Å². The van der Waals surface area contributed by atoms with Gasteiger partial charge in [0.2, 0.25) is 11.8 Å². The van der Waals surface area contributed by atoms with Crippen molar-refractivity contribution in [2.45, 2.75) is 12.8 Å². The zero-order chi connectivity index (χ0) is 19.9. The lowest BCUT2D eigenvalue weighted by atomic mass is 10.2. The van der Waals surface area contributed by atoms with E-state index in [0.717, 1.165) is 11.3 Å². The zero-order valence-electron chi connectivity index (χ0n) is 16.2. The van der Waals surface area contributed by atoms with Crippen molar-refractivity contribution in [3.8, 4) is 17.2 Å². The van der Waals surface area contributed by atoms with Crippen molar-refractivity contribution in [2.24, 2.45) is 0 Å². The molecule has 0 atom stereocenters. The summed E-state index contributed by atoms with van der Waals surface area (Å²) < 4.78 is 11.5. The number of benzene rings is 2. The minimum Gasteiger partial charge on any atom is -0.494 e. The average molecular weight is 392 g/mol. The standard InChI is InChI=1S/C22H24N4O3/c27-20(12-7-17-28-19-10-5-2-6-11-19)25-13-15-26(16-14-25)22-24-23-21(29-22)18-8-3-1-4-9-18/h1-6,8-11H,7,12-17H2. The molecule has 1 aromatic heterocycles. The summed E-state index contributed by atoms with van der Waals surface area (Å²) in [7, 11) is 0. The van der Waals surface area contributed by atoms with Crippen LogP contribution in [-0.4, -0.2) is 53.8 Å². The van der Waals surface area contributed by atoms with Gasteiger partial charge in [-0.15, -0.1) is 5.10 Å². The Balaban J connectivity index is 1.21. The molecule has 0 aliphatic carbocycles. The fourth-order valence-electron chi connectivity index (χ4n) is 3.28. The van der Waals surface area contributed by atoms with Gasteiger partial charge in [-0.2, -0.15) is 0 Å². The number of amides is 1. The Morgan fingerprint density at radius 2 is 1.62 bits per heavy atom. The lowest BCUT2D eigenvalue weighted by Crippen LogP contribution is -2.49. The molecule has 29 heavy (non-hydrogen) atoms. The normalized spacial score (nSPS) is 14.1. The van der Waals surface area contributed by atoms with Crippen LogP contribution in [-0.2, 0) is 4.79 Å². The van der Waals surface area contributed by atoms with Crippen molar-refractivity contribution in [1.82, 2.24) is 15.1 Å². The Hall–Kier alpha value is -3.35. The molecule has 2 aromatic carbocycles. The first kappa shape index (κ1) is 19.0. The van der Waals surface area contributed by atoms with Crippen LogP contribution in [0, 0.1) is 0 Å². The van der Waals surface area contributed by atoms with E-state index < -0.39 is 0 Å².